The Morgan fingerprint density at radius 2 is 1.82 bits per heavy atom. The average molecular weight is 374 g/mol. The zero-order valence-electron chi connectivity index (χ0n) is 15.1. The first kappa shape index (κ1) is 17.5. The van der Waals surface area contributed by atoms with E-state index in [9.17, 15) is 9.59 Å². The van der Waals surface area contributed by atoms with Crippen molar-refractivity contribution in [1.82, 2.24) is 25.1 Å². The molecule has 0 aliphatic heterocycles. The Kier molecular flexibility index (Phi) is 4.59. The molecule has 8 heteroatoms. The van der Waals surface area contributed by atoms with Crippen LogP contribution in [0.1, 0.15) is 23.2 Å². The largest absolute Gasteiger partial charge is 0.343 e. The lowest BCUT2D eigenvalue weighted by atomic mass is 10.3. The Morgan fingerprint density at radius 1 is 1.07 bits per heavy atom. The molecule has 0 fully saturated rings. The van der Waals surface area contributed by atoms with Gasteiger partial charge in [-0.15, -0.1) is 0 Å². The molecule has 2 aromatic heterocycles. The van der Waals surface area contributed by atoms with Gasteiger partial charge in [0.25, 0.3) is 5.91 Å². The predicted octanol–water partition coefficient (Wildman–Crippen LogP) is 2.64. The number of carbonyl (C=O) groups excluding carboxylic acids is 2. The molecular formula is C20H18N6O2. The van der Waals surface area contributed by atoms with Crippen LogP contribution in [0.2, 0.25) is 0 Å². The lowest BCUT2D eigenvalue weighted by molar-refractivity contribution is -0.114. The molecular weight excluding hydrogens is 356 g/mol. The van der Waals surface area contributed by atoms with E-state index in [1.807, 2.05) is 54.6 Å². The Bertz CT molecular complexity index is 1110. The van der Waals surface area contributed by atoms with E-state index in [4.69, 9.17) is 0 Å². The smallest absolute Gasteiger partial charge is 0.272 e. The lowest BCUT2D eigenvalue weighted by Gasteiger charge is -2.06. The highest BCUT2D eigenvalue weighted by Gasteiger charge is 2.16. The number of para-hydroxylation sites is 3. The highest BCUT2D eigenvalue weighted by Crippen LogP contribution is 2.17. The maximum atomic E-state index is 12.6. The van der Waals surface area contributed by atoms with E-state index in [0.717, 1.165) is 16.7 Å². The third-order valence-corrected chi connectivity index (χ3v) is 4.10. The second-order valence-corrected chi connectivity index (χ2v) is 6.23. The molecule has 0 spiro atoms. The molecule has 2 heterocycles. The molecule has 0 radical (unpaired) electrons. The van der Waals surface area contributed by atoms with Crippen molar-refractivity contribution in [3.63, 3.8) is 0 Å². The fourth-order valence-electron chi connectivity index (χ4n) is 2.87. The summed E-state index contributed by atoms with van der Waals surface area (Å²) in [6.45, 7) is 1.64. The first-order chi connectivity index (χ1) is 13.6. The summed E-state index contributed by atoms with van der Waals surface area (Å²) in [6, 6.07) is 18.5. The summed E-state index contributed by atoms with van der Waals surface area (Å²) in [7, 11) is 0. The van der Waals surface area contributed by atoms with Crippen LogP contribution < -0.4 is 10.6 Å². The highest BCUT2D eigenvalue weighted by molar-refractivity contribution is 5.95. The Balaban J connectivity index is 1.55. The van der Waals surface area contributed by atoms with E-state index in [0.29, 0.717) is 11.6 Å². The third kappa shape index (κ3) is 3.61. The number of fused-ring (bicyclic) bond motifs is 1. The molecule has 0 aliphatic carbocycles. The molecule has 0 atom stereocenters. The summed E-state index contributed by atoms with van der Waals surface area (Å²) >= 11 is 0. The second-order valence-electron chi connectivity index (χ2n) is 6.23. The van der Waals surface area contributed by atoms with Crippen LogP contribution in [0.3, 0.4) is 0 Å². The van der Waals surface area contributed by atoms with Crippen molar-refractivity contribution in [3.8, 4) is 5.69 Å². The quantitative estimate of drug-likeness (QED) is 0.499. The Labute approximate surface area is 160 Å². The number of hydrogen-bond donors (Lipinski definition) is 3. The Morgan fingerprint density at radius 3 is 2.57 bits per heavy atom. The Hall–Kier alpha value is -3.94. The SMILES string of the molecule is CC(=O)Nc1cc(C(=O)NCc2nc3ccccc3[nH]2)nn1-c1ccccc1. The average Bonchev–Trinajstić information content (AvgIpc) is 3.30. The normalized spacial score (nSPS) is 10.8. The number of benzene rings is 2. The highest BCUT2D eigenvalue weighted by atomic mass is 16.2. The molecule has 0 saturated carbocycles. The number of H-pyrrole nitrogens is 1. The summed E-state index contributed by atoms with van der Waals surface area (Å²) in [5.41, 5.74) is 2.69. The predicted molar refractivity (Wildman–Crippen MR) is 105 cm³/mol. The number of rotatable bonds is 5. The number of hydrogen-bond acceptors (Lipinski definition) is 4. The first-order valence-electron chi connectivity index (χ1n) is 8.75. The van der Waals surface area contributed by atoms with Crippen molar-refractivity contribution in [2.24, 2.45) is 0 Å². The fraction of sp³-hybridized carbons (Fsp3) is 0.100. The summed E-state index contributed by atoms with van der Waals surface area (Å²) in [5.74, 6) is 0.472. The van der Waals surface area contributed by atoms with Crippen LogP contribution in [-0.2, 0) is 11.3 Å². The van der Waals surface area contributed by atoms with Gasteiger partial charge in [-0.25, -0.2) is 9.67 Å². The first-order valence-corrected chi connectivity index (χ1v) is 8.75. The van der Waals surface area contributed by atoms with Gasteiger partial charge in [0.15, 0.2) is 5.69 Å². The van der Waals surface area contributed by atoms with Crippen molar-refractivity contribution in [3.05, 3.63) is 72.2 Å². The maximum absolute atomic E-state index is 12.6. The molecule has 140 valence electrons. The van der Waals surface area contributed by atoms with E-state index in [1.54, 1.807) is 6.07 Å². The van der Waals surface area contributed by atoms with Gasteiger partial charge >= 0.3 is 0 Å². The monoisotopic (exact) mass is 374 g/mol. The van der Waals surface area contributed by atoms with Crippen LogP contribution in [0.4, 0.5) is 5.82 Å². The molecule has 3 N–H and O–H groups in total. The molecule has 2 aromatic carbocycles. The van der Waals surface area contributed by atoms with Crippen LogP contribution >= 0.6 is 0 Å². The van der Waals surface area contributed by atoms with Gasteiger partial charge in [0.2, 0.25) is 5.91 Å². The molecule has 28 heavy (non-hydrogen) atoms. The lowest BCUT2D eigenvalue weighted by Crippen LogP contribution is -2.24. The van der Waals surface area contributed by atoms with Crippen molar-refractivity contribution >= 4 is 28.7 Å². The van der Waals surface area contributed by atoms with Gasteiger partial charge in [0, 0.05) is 13.0 Å². The van der Waals surface area contributed by atoms with Crippen LogP contribution in [0, 0.1) is 0 Å². The number of nitrogens with one attached hydrogen (secondary N) is 3. The van der Waals surface area contributed by atoms with Crippen LogP contribution in [0.25, 0.3) is 16.7 Å². The minimum Gasteiger partial charge on any atom is -0.343 e. The van der Waals surface area contributed by atoms with Crippen LogP contribution in [0.5, 0.6) is 0 Å². The van der Waals surface area contributed by atoms with Crippen LogP contribution in [0.15, 0.2) is 60.7 Å². The molecule has 8 nitrogen and oxygen atoms in total. The van der Waals surface area contributed by atoms with Crippen LogP contribution in [-0.4, -0.2) is 31.6 Å². The number of amides is 2. The van der Waals surface area contributed by atoms with Gasteiger partial charge < -0.3 is 15.6 Å². The minimum atomic E-state index is -0.360. The number of imidazole rings is 1. The number of anilines is 1. The van der Waals surface area contributed by atoms with Gasteiger partial charge in [0.1, 0.15) is 11.6 Å². The number of aromatic nitrogens is 4. The molecule has 0 bridgehead atoms. The molecule has 2 amide bonds. The number of aromatic amines is 1. The van der Waals surface area contributed by atoms with Gasteiger partial charge in [-0.2, -0.15) is 5.10 Å². The van der Waals surface area contributed by atoms with E-state index in [2.05, 4.69) is 25.7 Å². The van der Waals surface area contributed by atoms with Crippen molar-refractivity contribution in [2.45, 2.75) is 13.5 Å². The van der Waals surface area contributed by atoms with E-state index in [-0.39, 0.29) is 24.1 Å². The standard InChI is InChI=1S/C20H18N6O2/c1-13(27)22-19-11-17(25-26(19)14-7-3-2-4-8-14)20(28)21-12-18-23-15-9-5-6-10-16(15)24-18/h2-11H,12H2,1H3,(H,21,28)(H,22,27)(H,23,24). The molecule has 0 aliphatic rings. The summed E-state index contributed by atoms with van der Waals surface area (Å²) in [6.07, 6.45) is 0. The molecule has 0 saturated heterocycles. The van der Waals surface area contributed by atoms with Crippen molar-refractivity contribution in [1.29, 1.82) is 0 Å². The van der Waals surface area contributed by atoms with Crippen molar-refractivity contribution in [2.75, 3.05) is 5.32 Å². The zero-order valence-corrected chi connectivity index (χ0v) is 15.1. The number of nitrogens with zero attached hydrogens (tertiary/aromatic N) is 3. The van der Waals surface area contributed by atoms with E-state index in [1.165, 1.54) is 11.6 Å². The summed E-state index contributed by atoms with van der Waals surface area (Å²) in [4.78, 5) is 31.7. The number of carbonyl (C=O) groups is 2. The minimum absolute atomic E-state index is 0.198. The van der Waals surface area contributed by atoms with E-state index >= 15 is 0 Å². The van der Waals surface area contributed by atoms with Gasteiger partial charge in [0.05, 0.1) is 23.3 Å². The summed E-state index contributed by atoms with van der Waals surface area (Å²) < 4.78 is 1.53. The molecule has 4 aromatic rings. The molecule has 0 unspecified atom stereocenters. The van der Waals surface area contributed by atoms with Gasteiger partial charge in [-0.05, 0) is 24.3 Å². The van der Waals surface area contributed by atoms with Crippen molar-refractivity contribution < 1.29 is 9.59 Å². The molecule has 4 rings (SSSR count). The third-order valence-electron chi connectivity index (χ3n) is 4.10. The van der Waals surface area contributed by atoms with Gasteiger partial charge in [-0.3, -0.25) is 9.59 Å². The van der Waals surface area contributed by atoms with Gasteiger partial charge in [-0.1, -0.05) is 30.3 Å². The topological polar surface area (TPSA) is 105 Å². The second kappa shape index (κ2) is 7.36. The summed E-state index contributed by atoms with van der Waals surface area (Å²) in [5, 5.41) is 9.85. The van der Waals surface area contributed by atoms with E-state index < -0.39 is 0 Å². The maximum Gasteiger partial charge on any atom is 0.272 e. The zero-order chi connectivity index (χ0) is 19.5. The fourth-order valence-corrected chi connectivity index (χ4v) is 2.87.